The molecule has 1 aromatic rings. The van der Waals surface area contributed by atoms with Gasteiger partial charge in [0.1, 0.15) is 5.75 Å². The second-order valence-electron chi connectivity index (χ2n) is 3.01. The van der Waals surface area contributed by atoms with Crippen LogP contribution in [0.2, 0.25) is 0 Å². The fourth-order valence-corrected chi connectivity index (χ4v) is 1.20. The van der Waals surface area contributed by atoms with Gasteiger partial charge in [0.05, 0.1) is 6.61 Å². The molecule has 0 saturated carbocycles. The normalized spacial score (nSPS) is 9.67. The van der Waals surface area contributed by atoms with E-state index in [2.05, 4.69) is 5.32 Å². The number of benzene rings is 1. The predicted octanol–water partition coefficient (Wildman–Crippen LogP) is 1.07. The lowest BCUT2D eigenvalue weighted by Crippen LogP contribution is -2.18. The summed E-state index contributed by atoms with van der Waals surface area (Å²) < 4.78 is 5.46. The van der Waals surface area contributed by atoms with Crippen molar-refractivity contribution in [3.05, 3.63) is 24.3 Å². The average Bonchev–Trinajstić information content (AvgIpc) is 2.18. The SMILES string of the molecule is NCCCOc1cccc(NC(N)=S)c1. The molecule has 0 radical (unpaired) electrons. The summed E-state index contributed by atoms with van der Waals surface area (Å²) in [6, 6.07) is 7.46. The van der Waals surface area contributed by atoms with E-state index in [-0.39, 0.29) is 5.11 Å². The van der Waals surface area contributed by atoms with Crippen molar-refractivity contribution in [1.82, 2.24) is 0 Å². The number of anilines is 1. The number of hydrogen-bond donors (Lipinski definition) is 3. The Hall–Kier alpha value is -1.33. The summed E-state index contributed by atoms with van der Waals surface area (Å²) in [5.74, 6) is 0.782. The van der Waals surface area contributed by atoms with Gasteiger partial charge in [-0.25, -0.2) is 0 Å². The zero-order chi connectivity index (χ0) is 11.1. The van der Waals surface area contributed by atoms with E-state index < -0.39 is 0 Å². The Labute approximate surface area is 94.6 Å². The van der Waals surface area contributed by atoms with Gasteiger partial charge in [-0.1, -0.05) is 6.07 Å². The number of ether oxygens (including phenoxy) is 1. The van der Waals surface area contributed by atoms with E-state index >= 15 is 0 Å². The van der Waals surface area contributed by atoms with Crippen LogP contribution in [0.1, 0.15) is 6.42 Å². The molecule has 1 rings (SSSR count). The maximum absolute atomic E-state index is 5.46. The second kappa shape index (κ2) is 6.21. The zero-order valence-electron chi connectivity index (χ0n) is 8.40. The Morgan fingerprint density at radius 1 is 1.47 bits per heavy atom. The fourth-order valence-electron chi connectivity index (χ4n) is 1.08. The van der Waals surface area contributed by atoms with Gasteiger partial charge in [-0.05, 0) is 37.3 Å². The van der Waals surface area contributed by atoms with Crippen molar-refractivity contribution in [3.8, 4) is 5.75 Å². The van der Waals surface area contributed by atoms with Crippen molar-refractivity contribution in [3.63, 3.8) is 0 Å². The van der Waals surface area contributed by atoms with Crippen LogP contribution in [-0.4, -0.2) is 18.3 Å². The largest absolute Gasteiger partial charge is 0.493 e. The Balaban J connectivity index is 2.53. The highest BCUT2D eigenvalue weighted by atomic mass is 32.1. The van der Waals surface area contributed by atoms with Gasteiger partial charge in [-0.3, -0.25) is 0 Å². The van der Waals surface area contributed by atoms with Gasteiger partial charge in [0.25, 0.3) is 0 Å². The number of hydrogen-bond acceptors (Lipinski definition) is 3. The van der Waals surface area contributed by atoms with Crippen LogP contribution in [-0.2, 0) is 0 Å². The maximum atomic E-state index is 5.46. The summed E-state index contributed by atoms with van der Waals surface area (Å²) in [5.41, 5.74) is 11.5. The molecule has 0 fully saturated rings. The first-order chi connectivity index (χ1) is 7.22. The van der Waals surface area contributed by atoms with Crippen molar-refractivity contribution in [2.45, 2.75) is 6.42 Å². The van der Waals surface area contributed by atoms with E-state index in [4.69, 9.17) is 28.4 Å². The molecule has 0 unspecified atom stereocenters. The minimum Gasteiger partial charge on any atom is -0.493 e. The van der Waals surface area contributed by atoms with Crippen LogP contribution < -0.4 is 21.5 Å². The van der Waals surface area contributed by atoms with Crippen LogP contribution in [0.25, 0.3) is 0 Å². The molecule has 5 N–H and O–H groups in total. The van der Waals surface area contributed by atoms with E-state index in [1.807, 2.05) is 24.3 Å². The second-order valence-corrected chi connectivity index (χ2v) is 3.45. The summed E-state index contributed by atoms with van der Waals surface area (Å²) in [7, 11) is 0. The van der Waals surface area contributed by atoms with Crippen LogP contribution in [0.15, 0.2) is 24.3 Å². The van der Waals surface area contributed by atoms with Gasteiger partial charge in [-0.15, -0.1) is 0 Å². The molecule has 0 spiro atoms. The molecule has 0 bridgehead atoms. The minimum atomic E-state index is 0.245. The third kappa shape index (κ3) is 4.62. The summed E-state index contributed by atoms with van der Waals surface area (Å²) in [4.78, 5) is 0. The number of thiocarbonyl (C=S) groups is 1. The Bertz CT molecular complexity index is 330. The Morgan fingerprint density at radius 3 is 2.93 bits per heavy atom. The lowest BCUT2D eigenvalue weighted by Gasteiger charge is -2.08. The molecule has 0 aliphatic heterocycles. The van der Waals surface area contributed by atoms with E-state index in [1.165, 1.54) is 0 Å². The molecule has 82 valence electrons. The van der Waals surface area contributed by atoms with E-state index in [0.717, 1.165) is 17.9 Å². The molecule has 0 aromatic heterocycles. The quantitative estimate of drug-likeness (QED) is 0.516. The lowest BCUT2D eigenvalue weighted by atomic mass is 10.3. The molecular weight excluding hydrogens is 210 g/mol. The molecule has 0 atom stereocenters. The van der Waals surface area contributed by atoms with Crippen LogP contribution in [0.3, 0.4) is 0 Å². The van der Waals surface area contributed by atoms with Crippen LogP contribution in [0.5, 0.6) is 5.75 Å². The topological polar surface area (TPSA) is 73.3 Å². The molecule has 0 heterocycles. The van der Waals surface area contributed by atoms with Gasteiger partial charge >= 0.3 is 0 Å². The fraction of sp³-hybridized carbons (Fsp3) is 0.300. The third-order valence-corrected chi connectivity index (χ3v) is 1.82. The first-order valence-electron chi connectivity index (χ1n) is 4.72. The van der Waals surface area contributed by atoms with E-state index in [1.54, 1.807) is 0 Å². The molecule has 15 heavy (non-hydrogen) atoms. The number of nitrogens with two attached hydrogens (primary N) is 2. The van der Waals surface area contributed by atoms with Crippen LogP contribution >= 0.6 is 12.2 Å². The zero-order valence-corrected chi connectivity index (χ0v) is 9.22. The molecule has 4 nitrogen and oxygen atoms in total. The van der Waals surface area contributed by atoms with E-state index in [9.17, 15) is 0 Å². The van der Waals surface area contributed by atoms with Crippen molar-refractivity contribution in [1.29, 1.82) is 0 Å². The molecular formula is C10H15N3OS. The van der Waals surface area contributed by atoms with Crippen molar-refractivity contribution in [2.75, 3.05) is 18.5 Å². The molecule has 0 aliphatic carbocycles. The highest BCUT2D eigenvalue weighted by Gasteiger charge is 1.96. The Kier molecular flexibility index (Phi) is 4.86. The lowest BCUT2D eigenvalue weighted by molar-refractivity contribution is 0.313. The summed E-state index contributed by atoms with van der Waals surface area (Å²) >= 11 is 4.74. The van der Waals surface area contributed by atoms with Crippen LogP contribution in [0.4, 0.5) is 5.69 Å². The molecule has 0 saturated heterocycles. The number of rotatable bonds is 5. The monoisotopic (exact) mass is 225 g/mol. The summed E-state index contributed by atoms with van der Waals surface area (Å²) in [5, 5.41) is 3.08. The van der Waals surface area contributed by atoms with Crippen LogP contribution in [0, 0.1) is 0 Å². The van der Waals surface area contributed by atoms with Crippen molar-refractivity contribution < 1.29 is 4.74 Å². The van der Waals surface area contributed by atoms with Gasteiger partial charge in [-0.2, -0.15) is 0 Å². The molecule has 5 heteroatoms. The smallest absolute Gasteiger partial charge is 0.168 e. The maximum Gasteiger partial charge on any atom is 0.168 e. The van der Waals surface area contributed by atoms with Gasteiger partial charge in [0.15, 0.2) is 5.11 Å². The van der Waals surface area contributed by atoms with Crippen molar-refractivity contribution in [2.24, 2.45) is 11.5 Å². The predicted molar refractivity (Wildman–Crippen MR) is 66.0 cm³/mol. The Morgan fingerprint density at radius 2 is 2.27 bits per heavy atom. The van der Waals surface area contributed by atoms with Crippen molar-refractivity contribution >= 4 is 23.0 Å². The van der Waals surface area contributed by atoms with E-state index in [0.29, 0.717) is 13.2 Å². The summed E-state index contributed by atoms with van der Waals surface area (Å²) in [6.07, 6.45) is 0.840. The van der Waals surface area contributed by atoms with Gasteiger partial charge in [0.2, 0.25) is 0 Å². The van der Waals surface area contributed by atoms with Gasteiger partial charge < -0.3 is 21.5 Å². The summed E-state index contributed by atoms with van der Waals surface area (Å²) in [6.45, 7) is 1.25. The number of nitrogens with one attached hydrogen (secondary N) is 1. The third-order valence-electron chi connectivity index (χ3n) is 1.72. The molecule has 1 aromatic carbocycles. The van der Waals surface area contributed by atoms with Gasteiger partial charge in [0, 0.05) is 11.8 Å². The molecule has 0 aliphatic rings. The standard InChI is InChI=1S/C10H15N3OS/c11-5-2-6-14-9-4-1-3-8(7-9)13-10(12)15/h1,3-4,7H,2,5-6,11H2,(H3,12,13,15). The minimum absolute atomic E-state index is 0.245. The first kappa shape index (κ1) is 11.7. The first-order valence-corrected chi connectivity index (χ1v) is 5.12. The highest BCUT2D eigenvalue weighted by molar-refractivity contribution is 7.80. The highest BCUT2D eigenvalue weighted by Crippen LogP contribution is 2.17. The molecule has 0 amide bonds. The average molecular weight is 225 g/mol.